The summed E-state index contributed by atoms with van der Waals surface area (Å²) in [5, 5.41) is 1.01. The number of pyridine rings is 1. The van der Waals surface area contributed by atoms with Gasteiger partial charge < -0.3 is 10.5 Å². The number of hydrogen-bond donors (Lipinski definition) is 1. The van der Waals surface area contributed by atoms with Gasteiger partial charge in [-0.1, -0.05) is 18.2 Å². The van der Waals surface area contributed by atoms with Crippen LogP contribution in [0.3, 0.4) is 0 Å². The van der Waals surface area contributed by atoms with E-state index in [4.69, 9.17) is 10.5 Å². The number of rotatable bonds is 3. The number of aromatic nitrogens is 1. The zero-order valence-corrected chi connectivity index (χ0v) is 12.6. The maximum atomic E-state index is 13.2. The van der Waals surface area contributed by atoms with E-state index in [0.29, 0.717) is 16.0 Å². The monoisotopic (exact) mass is 346 g/mol. The highest BCUT2D eigenvalue weighted by molar-refractivity contribution is 9.10. The first-order valence-corrected chi connectivity index (χ1v) is 7.15. The standard InChI is InChI=1S/C16H12BrFN2O/c17-13-8-12(5-6-14(13)18)21-9-11-7-10-3-1-2-4-15(10)20-16(11)19/h1-8H,9H2,(H2,19,20). The quantitative estimate of drug-likeness (QED) is 0.769. The predicted octanol–water partition coefficient (Wildman–Crippen LogP) is 4.30. The number of hydrogen-bond acceptors (Lipinski definition) is 3. The molecule has 2 aromatic carbocycles. The molecule has 0 bridgehead atoms. The zero-order chi connectivity index (χ0) is 14.8. The number of halogens is 2. The Morgan fingerprint density at radius 1 is 1.14 bits per heavy atom. The van der Waals surface area contributed by atoms with Crippen molar-refractivity contribution in [3.63, 3.8) is 0 Å². The molecule has 5 heteroatoms. The van der Waals surface area contributed by atoms with E-state index in [0.717, 1.165) is 16.5 Å². The number of anilines is 1. The van der Waals surface area contributed by atoms with Crippen LogP contribution in [0.15, 0.2) is 53.0 Å². The van der Waals surface area contributed by atoms with E-state index in [1.165, 1.54) is 6.07 Å². The maximum absolute atomic E-state index is 13.2. The second-order valence-corrected chi connectivity index (χ2v) is 5.44. The van der Waals surface area contributed by atoms with Crippen LogP contribution in [0.25, 0.3) is 10.9 Å². The summed E-state index contributed by atoms with van der Waals surface area (Å²) < 4.78 is 19.2. The van der Waals surface area contributed by atoms with Crippen molar-refractivity contribution in [1.29, 1.82) is 0 Å². The van der Waals surface area contributed by atoms with Gasteiger partial charge in [-0.25, -0.2) is 9.37 Å². The zero-order valence-electron chi connectivity index (χ0n) is 11.0. The highest BCUT2D eigenvalue weighted by Crippen LogP contribution is 2.24. The molecule has 0 fully saturated rings. The molecular formula is C16H12BrFN2O. The number of nitrogens with two attached hydrogens (primary N) is 1. The Labute approximate surface area is 129 Å². The Morgan fingerprint density at radius 3 is 2.76 bits per heavy atom. The molecule has 3 rings (SSSR count). The molecular weight excluding hydrogens is 335 g/mol. The van der Waals surface area contributed by atoms with E-state index in [1.54, 1.807) is 12.1 Å². The molecule has 21 heavy (non-hydrogen) atoms. The molecule has 0 aliphatic heterocycles. The molecule has 2 N–H and O–H groups in total. The van der Waals surface area contributed by atoms with Crippen molar-refractivity contribution < 1.29 is 9.13 Å². The second kappa shape index (κ2) is 5.69. The Kier molecular flexibility index (Phi) is 3.75. The van der Waals surface area contributed by atoms with Crippen LogP contribution in [0.5, 0.6) is 5.75 Å². The van der Waals surface area contributed by atoms with E-state index in [9.17, 15) is 4.39 Å². The summed E-state index contributed by atoms with van der Waals surface area (Å²) in [5.74, 6) is 0.681. The molecule has 0 aliphatic carbocycles. The minimum absolute atomic E-state index is 0.280. The molecule has 106 valence electrons. The van der Waals surface area contributed by atoms with Crippen molar-refractivity contribution in [3.05, 3.63) is 64.4 Å². The van der Waals surface area contributed by atoms with Crippen LogP contribution in [0.2, 0.25) is 0 Å². The van der Waals surface area contributed by atoms with Crippen molar-refractivity contribution in [1.82, 2.24) is 4.98 Å². The fourth-order valence-corrected chi connectivity index (χ4v) is 2.38. The third-order valence-corrected chi connectivity index (χ3v) is 3.73. The number of ether oxygens (including phenoxy) is 1. The normalized spacial score (nSPS) is 10.8. The average Bonchev–Trinajstić information content (AvgIpc) is 2.48. The number of nitrogens with zero attached hydrogens (tertiary/aromatic N) is 1. The lowest BCUT2D eigenvalue weighted by atomic mass is 10.1. The highest BCUT2D eigenvalue weighted by Gasteiger charge is 2.06. The summed E-state index contributed by atoms with van der Waals surface area (Å²) in [6.45, 7) is 0.280. The number of benzene rings is 2. The van der Waals surface area contributed by atoms with E-state index < -0.39 is 0 Å². The summed E-state index contributed by atoms with van der Waals surface area (Å²) in [6, 6.07) is 14.2. The molecule has 0 atom stereocenters. The Bertz CT molecular complexity index is 807. The molecule has 1 aromatic heterocycles. The molecule has 0 radical (unpaired) electrons. The summed E-state index contributed by atoms with van der Waals surface area (Å²) in [4.78, 5) is 4.35. The molecule has 0 spiro atoms. The van der Waals surface area contributed by atoms with Crippen LogP contribution >= 0.6 is 15.9 Å². The second-order valence-electron chi connectivity index (χ2n) is 4.59. The van der Waals surface area contributed by atoms with Gasteiger partial charge in [0.05, 0.1) is 9.99 Å². The lowest BCUT2D eigenvalue weighted by Gasteiger charge is -2.10. The van der Waals surface area contributed by atoms with Gasteiger partial charge in [0.25, 0.3) is 0 Å². The summed E-state index contributed by atoms with van der Waals surface area (Å²) in [6.07, 6.45) is 0. The van der Waals surface area contributed by atoms with E-state index in [-0.39, 0.29) is 12.4 Å². The van der Waals surface area contributed by atoms with Gasteiger partial charge in [-0.2, -0.15) is 0 Å². The lowest BCUT2D eigenvalue weighted by Crippen LogP contribution is -2.03. The van der Waals surface area contributed by atoms with Crippen LogP contribution in [0.1, 0.15) is 5.56 Å². The third-order valence-electron chi connectivity index (χ3n) is 3.12. The van der Waals surface area contributed by atoms with Crippen LogP contribution in [0, 0.1) is 5.82 Å². The van der Waals surface area contributed by atoms with Gasteiger partial charge in [0, 0.05) is 10.9 Å². The van der Waals surface area contributed by atoms with Crippen molar-refractivity contribution in [2.45, 2.75) is 6.61 Å². The van der Waals surface area contributed by atoms with Crippen molar-refractivity contribution in [2.24, 2.45) is 0 Å². The third kappa shape index (κ3) is 2.97. The summed E-state index contributed by atoms with van der Waals surface area (Å²) in [7, 11) is 0. The lowest BCUT2D eigenvalue weighted by molar-refractivity contribution is 0.306. The van der Waals surface area contributed by atoms with Gasteiger partial charge in [-0.15, -0.1) is 0 Å². The Balaban J connectivity index is 1.84. The Morgan fingerprint density at radius 2 is 1.95 bits per heavy atom. The minimum atomic E-state index is -0.325. The van der Waals surface area contributed by atoms with E-state index >= 15 is 0 Å². The molecule has 0 amide bonds. The molecule has 3 aromatic rings. The van der Waals surface area contributed by atoms with Gasteiger partial charge >= 0.3 is 0 Å². The van der Waals surface area contributed by atoms with E-state index in [1.807, 2.05) is 30.3 Å². The van der Waals surface area contributed by atoms with Gasteiger partial charge in [0.1, 0.15) is 24.0 Å². The van der Waals surface area contributed by atoms with Gasteiger partial charge in [0.15, 0.2) is 0 Å². The smallest absolute Gasteiger partial charge is 0.137 e. The van der Waals surface area contributed by atoms with Crippen LogP contribution in [-0.4, -0.2) is 4.98 Å². The van der Waals surface area contributed by atoms with Gasteiger partial charge in [-0.3, -0.25) is 0 Å². The van der Waals surface area contributed by atoms with Gasteiger partial charge in [-0.05, 0) is 46.3 Å². The number of nitrogen functional groups attached to an aromatic ring is 1. The first-order chi connectivity index (χ1) is 10.1. The fourth-order valence-electron chi connectivity index (χ4n) is 2.02. The molecule has 0 saturated carbocycles. The highest BCUT2D eigenvalue weighted by atomic mass is 79.9. The molecule has 0 aliphatic rings. The summed E-state index contributed by atoms with van der Waals surface area (Å²) in [5.41, 5.74) is 7.59. The van der Waals surface area contributed by atoms with Crippen molar-refractivity contribution >= 4 is 32.7 Å². The minimum Gasteiger partial charge on any atom is -0.489 e. The first-order valence-electron chi connectivity index (χ1n) is 6.35. The van der Waals surface area contributed by atoms with Crippen LogP contribution in [-0.2, 0) is 6.61 Å². The molecule has 0 unspecified atom stereocenters. The van der Waals surface area contributed by atoms with Crippen molar-refractivity contribution in [2.75, 3.05) is 5.73 Å². The SMILES string of the molecule is Nc1nc2ccccc2cc1COc1ccc(F)c(Br)c1. The fraction of sp³-hybridized carbons (Fsp3) is 0.0625. The molecule has 1 heterocycles. The Hall–Kier alpha value is -2.14. The predicted molar refractivity (Wildman–Crippen MR) is 84.6 cm³/mol. The number of para-hydroxylation sites is 1. The van der Waals surface area contributed by atoms with Crippen LogP contribution in [0.4, 0.5) is 10.2 Å². The molecule has 3 nitrogen and oxygen atoms in total. The average molecular weight is 347 g/mol. The topological polar surface area (TPSA) is 48.1 Å². The maximum Gasteiger partial charge on any atom is 0.137 e. The van der Waals surface area contributed by atoms with Crippen molar-refractivity contribution in [3.8, 4) is 5.75 Å². The first kappa shape index (κ1) is 13.8. The van der Waals surface area contributed by atoms with Crippen LogP contribution < -0.4 is 10.5 Å². The molecule has 0 saturated heterocycles. The number of fused-ring (bicyclic) bond motifs is 1. The van der Waals surface area contributed by atoms with Gasteiger partial charge in [0.2, 0.25) is 0 Å². The van der Waals surface area contributed by atoms with E-state index in [2.05, 4.69) is 20.9 Å². The summed E-state index contributed by atoms with van der Waals surface area (Å²) >= 11 is 3.13. The largest absolute Gasteiger partial charge is 0.489 e.